The molecular formula is C13H26N2O. The molecule has 0 spiro atoms. The fourth-order valence-corrected chi connectivity index (χ4v) is 1.84. The fraction of sp³-hybridized carbons (Fsp3) is 0.923. The number of amides is 1. The molecule has 2 N–H and O–H groups in total. The number of rotatable bonds is 7. The molecule has 0 heterocycles. The Morgan fingerprint density at radius 2 is 2.00 bits per heavy atom. The van der Waals surface area contributed by atoms with E-state index in [1.54, 1.807) is 0 Å². The summed E-state index contributed by atoms with van der Waals surface area (Å²) in [5, 5.41) is 6.24. The van der Waals surface area contributed by atoms with Crippen molar-refractivity contribution in [1.82, 2.24) is 10.6 Å². The van der Waals surface area contributed by atoms with E-state index >= 15 is 0 Å². The van der Waals surface area contributed by atoms with Crippen LogP contribution in [0.25, 0.3) is 0 Å². The Hall–Kier alpha value is -0.570. The minimum Gasteiger partial charge on any atom is -0.354 e. The topological polar surface area (TPSA) is 41.1 Å². The van der Waals surface area contributed by atoms with Crippen LogP contribution < -0.4 is 10.6 Å². The van der Waals surface area contributed by atoms with Gasteiger partial charge in [0.1, 0.15) is 0 Å². The van der Waals surface area contributed by atoms with Gasteiger partial charge in [-0.1, -0.05) is 33.1 Å². The smallest absolute Gasteiger partial charge is 0.236 e. The van der Waals surface area contributed by atoms with E-state index in [0.29, 0.717) is 5.92 Å². The van der Waals surface area contributed by atoms with Gasteiger partial charge in [-0.25, -0.2) is 0 Å². The summed E-state index contributed by atoms with van der Waals surface area (Å²) in [6, 6.07) is -0.0566. The first-order valence-corrected chi connectivity index (χ1v) is 6.60. The number of hydrogen-bond acceptors (Lipinski definition) is 2. The van der Waals surface area contributed by atoms with Gasteiger partial charge < -0.3 is 10.6 Å². The molecule has 0 saturated heterocycles. The first kappa shape index (κ1) is 13.5. The van der Waals surface area contributed by atoms with Crippen LogP contribution in [0.5, 0.6) is 0 Å². The van der Waals surface area contributed by atoms with Gasteiger partial charge >= 0.3 is 0 Å². The lowest BCUT2D eigenvalue weighted by Gasteiger charge is -2.26. The van der Waals surface area contributed by atoms with Gasteiger partial charge in [-0.05, 0) is 31.7 Å². The molecule has 1 aliphatic rings. The lowest BCUT2D eigenvalue weighted by atomic mass is 9.83. The van der Waals surface area contributed by atoms with Crippen LogP contribution in [0.1, 0.15) is 46.5 Å². The first-order chi connectivity index (χ1) is 7.59. The number of hydrogen-bond donors (Lipinski definition) is 2. The van der Waals surface area contributed by atoms with Gasteiger partial charge in [0, 0.05) is 6.54 Å². The molecule has 1 fully saturated rings. The van der Waals surface area contributed by atoms with Crippen molar-refractivity contribution in [2.75, 3.05) is 13.1 Å². The van der Waals surface area contributed by atoms with Crippen LogP contribution in [-0.4, -0.2) is 25.0 Å². The van der Waals surface area contributed by atoms with Gasteiger partial charge in [-0.2, -0.15) is 0 Å². The largest absolute Gasteiger partial charge is 0.354 e. The molecule has 3 nitrogen and oxygen atoms in total. The van der Waals surface area contributed by atoms with Crippen LogP contribution in [0.3, 0.4) is 0 Å². The molecule has 1 saturated carbocycles. The average Bonchev–Trinajstić information content (AvgIpc) is 2.17. The minimum atomic E-state index is -0.0566. The maximum atomic E-state index is 11.6. The molecule has 1 atom stereocenters. The zero-order valence-electron chi connectivity index (χ0n) is 10.9. The molecule has 1 rings (SSSR count). The third-order valence-corrected chi connectivity index (χ3v) is 3.31. The molecular weight excluding hydrogens is 200 g/mol. The molecule has 1 amide bonds. The Morgan fingerprint density at radius 1 is 1.31 bits per heavy atom. The Balaban J connectivity index is 2.03. The lowest BCUT2D eigenvalue weighted by Crippen LogP contribution is -2.43. The van der Waals surface area contributed by atoms with E-state index in [4.69, 9.17) is 0 Å². The van der Waals surface area contributed by atoms with E-state index in [2.05, 4.69) is 24.5 Å². The van der Waals surface area contributed by atoms with Gasteiger partial charge in [-0.3, -0.25) is 4.79 Å². The van der Waals surface area contributed by atoms with Crippen molar-refractivity contribution in [2.24, 2.45) is 11.8 Å². The maximum Gasteiger partial charge on any atom is 0.236 e. The fourth-order valence-electron chi connectivity index (χ4n) is 1.84. The Morgan fingerprint density at radius 3 is 2.50 bits per heavy atom. The zero-order chi connectivity index (χ0) is 12.0. The third-order valence-electron chi connectivity index (χ3n) is 3.31. The normalized spacial score (nSPS) is 18.2. The van der Waals surface area contributed by atoms with E-state index in [9.17, 15) is 4.79 Å². The highest BCUT2D eigenvalue weighted by molar-refractivity contribution is 5.81. The van der Waals surface area contributed by atoms with Crippen LogP contribution in [-0.2, 0) is 4.79 Å². The van der Waals surface area contributed by atoms with E-state index in [1.165, 1.54) is 25.7 Å². The molecule has 0 aliphatic heterocycles. The third kappa shape index (κ3) is 4.97. The summed E-state index contributed by atoms with van der Waals surface area (Å²) in [5.74, 6) is 1.56. The van der Waals surface area contributed by atoms with Gasteiger partial charge in [0.15, 0.2) is 0 Å². The van der Waals surface area contributed by atoms with Crippen LogP contribution in [0.15, 0.2) is 0 Å². The molecule has 0 aromatic heterocycles. The van der Waals surface area contributed by atoms with Crippen molar-refractivity contribution in [2.45, 2.75) is 52.5 Å². The molecule has 1 aliphatic carbocycles. The average molecular weight is 226 g/mol. The van der Waals surface area contributed by atoms with Crippen molar-refractivity contribution in [3.63, 3.8) is 0 Å². The summed E-state index contributed by atoms with van der Waals surface area (Å²) in [5.41, 5.74) is 0. The van der Waals surface area contributed by atoms with Crippen LogP contribution in [0.2, 0.25) is 0 Å². The van der Waals surface area contributed by atoms with Gasteiger partial charge in [-0.15, -0.1) is 0 Å². The van der Waals surface area contributed by atoms with Crippen LogP contribution >= 0.6 is 0 Å². The van der Waals surface area contributed by atoms with Gasteiger partial charge in [0.25, 0.3) is 0 Å². The Labute approximate surface area is 99.4 Å². The minimum absolute atomic E-state index is 0.0566. The van der Waals surface area contributed by atoms with Crippen molar-refractivity contribution >= 4 is 5.91 Å². The molecule has 0 bridgehead atoms. The summed E-state index contributed by atoms with van der Waals surface area (Å²) >= 11 is 0. The lowest BCUT2D eigenvalue weighted by molar-refractivity contribution is -0.122. The summed E-state index contributed by atoms with van der Waals surface area (Å²) in [6.45, 7) is 7.90. The second-order valence-electron chi connectivity index (χ2n) is 5.40. The highest BCUT2D eigenvalue weighted by Gasteiger charge is 2.18. The van der Waals surface area contributed by atoms with E-state index in [-0.39, 0.29) is 11.9 Å². The standard InChI is InChI=1S/C13H26N2O/c1-10(2)9-15-13(16)11(3)14-8-7-12-5-4-6-12/h10-12,14H,4-9H2,1-3H3,(H,15,16). The predicted octanol–water partition coefficient (Wildman–Crippen LogP) is 1.93. The molecule has 16 heavy (non-hydrogen) atoms. The SMILES string of the molecule is CC(C)CNC(=O)C(C)NCCC1CCC1. The van der Waals surface area contributed by atoms with Crippen LogP contribution in [0, 0.1) is 11.8 Å². The Kier molecular flexibility index (Phi) is 5.81. The molecule has 94 valence electrons. The quantitative estimate of drug-likeness (QED) is 0.696. The van der Waals surface area contributed by atoms with E-state index < -0.39 is 0 Å². The molecule has 0 aromatic carbocycles. The summed E-state index contributed by atoms with van der Waals surface area (Å²) in [7, 11) is 0. The highest BCUT2D eigenvalue weighted by Crippen LogP contribution is 2.28. The first-order valence-electron chi connectivity index (χ1n) is 6.60. The zero-order valence-corrected chi connectivity index (χ0v) is 10.9. The number of carbonyl (C=O) groups excluding carboxylic acids is 1. The maximum absolute atomic E-state index is 11.6. The second-order valence-corrected chi connectivity index (χ2v) is 5.40. The Bertz CT molecular complexity index is 212. The predicted molar refractivity (Wildman–Crippen MR) is 67.3 cm³/mol. The highest BCUT2D eigenvalue weighted by atomic mass is 16.2. The molecule has 0 radical (unpaired) electrons. The monoisotopic (exact) mass is 226 g/mol. The van der Waals surface area contributed by atoms with Crippen molar-refractivity contribution in [3.05, 3.63) is 0 Å². The molecule has 0 aromatic rings. The summed E-state index contributed by atoms with van der Waals surface area (Å²) < 4.78 is 0. The van der Waals surface area contributed by atoms with Crippen molar-refractivity contribution in [3.8, 4) is 0 Å². The molecule has 3 heteroatoms. The summed E-state index contributed by atoms with van der Waals surface area (Å²) in [4.78, 5) is 11.6. The van der Waals surface area contributed by atoms with E-state index in [1.807, 2.05) is 6.92 Å². The van der Waals surface area contributed by atoms with Crippen molar-refractivity contribution < 1.29 is 4.79 Å². The van der Waals surface area contributed by atoms with Crippen molar-refractivity contribution in [1.29, 1.82) is 0 Å². The number of carbonyl (C=O) groups is 1. The second kappa shape index (κ2) is 6.89. The number of nitrogens with one attached hydrogen (secondary N) is 2. The summed E-state index contributed by atoms with van der Waals surface area (Å²) in [6.07, 6.45) is 5.39. The molecule has 1 unspecified atom stereocenters. The van der Waals surface area contributed by atoms with Gasteiger partial charge in [0.2, 0.25) is 5.91 Å². The van der Waals surface area contributed by atoms with E-state index in [0.717, 1.165) is 19.0 Å². The van der Waals surface area contributed by atoms with Gasteiger partial charge in [0.05, 0.1) is 6.04 Å². The van der Waals surface area contributed by atoms with Crippen LogP contribution in [0.4, 0.5) is 0 Å².